The third-order valence-corrected chi connectivity index (χ3v) is 1.22. The minimum atomic E-state index is -1.19. The summed E-state index contributed by atoms with van der Waals surface area (Å²) in [5, 5.41) is 16.7. The highest BCUT2D eigenvalue weighted by atomic mass is 16.4. The van der Waals surface area contributed by atoms with Gasteiger partial charge in [0.05, 0.1) is 12.1 Å². The molecule has 1 rings (SSSR count). The molecule has 0 saturated heterocycles. The van der Waals surface area contributed by atoms with Gasteiger partial charge in [0.1, 0.15) is 5.71 Å². The molecule has 0 saturated carbocycles. The van der Waals surface area contributed by atoms with Crippen LogP contribution in [0.5, 0.6) is 0 Å². The normalized spacial score (nSPS) is 15.6. The summed E-state index contributed by atoms with van der Waals surface area (Å²) in [6.45, 7) is -0.0447. The van der Waals surface area contributed by atoms with Gasteiger partial charge in [0.15, 0.2) is 0 Å². The summed E-state index contributed by atoms with van der Waals surface area (Å²) < 4.78 is 0. The highest BCUT2D eigenvalue weighted by molar-refractivity contribution is 6.42. The molecular weight excluding hydrogens is 150 g/mol. The minimum absolute atomic E-state index is 0.0161. The quantitative estimate of drug-likeness (QED) is 0.564. The van der Waals surface area contributed by atoms with Crippen molar-refractivity contribution in [3.05, 3.63) is 11.6 Å². The van der Waals surface area contributed by atoms with Gasteiger partial charge in [0.2, 0.25) is 0 Å². The van der Waals surface area contributed by atoms with E-state index in [2.05, 4.69) is 4.99 Å². The predicted octanol–water partition coefficient (Wildman–Crippen LogP) is -0.463. The lowest BCUT2D eigenvalue weighted by atomic mass is 10.2. The number of carboxylic acids is 2. The summed E-state index contributed by atoms with van der Waals surface area (Å²) >= 11 is 0. The summed E-state index contributed by atoms with van der Waals surface area (Å²) in [6, 6.07) is 0. The van der Waals surface area contributed by atoms with Crippen molar-refractivity contribution in [2.75, 3.05) is 6.54 Å². The standard InChI is InChI=1S/C6H5NO4/c8-5(9)3-1-4(6(10)11)7-2-3/h1H,2H2,(H,8,9)(H,10,11). The number of rotatable bonds is 2. The third-order valence-electron chi connectivity index (χ3n) is 1.22. The Labute approximate surface area is 61.7 Å². The maximum absolute atomic E-state index is 10.2. The van der Waals surface area contributed by atoms with Crippen LogP contribution in [0.2, 0.25) is 0 Å². The summed E-state index contributed by atoms with van der Waals surface area (Å²) in [6.07, 6.45) is 1.06. The van der Waals surface area contributed by atoms with Gasteiger partial charge in [-0.1, -0.05) is 0 Å². The number of hydrogen-bond donors (Lipinski definition) is 2. The van der Waals surface area contributed by atoms with Gasteiger partial charge in [0, 0.05) is 0 Å². The molecule has 0 amide bonds. The average Bonchev–Trinajstić information content (AvgIpc) is 2.33. The molecule has 5 heteroatoms. The lowest BCUT2D eigenvalue weighted by Gasteiger charge is -1.86. The summed E-state index contributed by atoms with van der Waals surface area (Å²) in [5.41, 5.74) is -0.176. The highest BCUT2D eigenvalue weighted by Gasteiger charge is 2.18. The molecule has 11 heavy (non-hydrogen) atoms. The molecule has 1 aliphatic rings. The minimum Gasteiger partial charge on any atom is -0.478 e. The molecule has 0 aliphatic carbocycles. The van der Waals surface area contributed by atoms with Crippen LogP contribution < -0.4 is 0 Å². The van der Waals surface area contributed by atoms with E-state index in [0.717, 1.165) is 6.08 Å². The van der Waals surface area contributed by atoms with Crippen molar-refractivity contribution in [3.63, 3.8) is 0 Å². The molecule has 58 valence electrons. The molecule has 0 bridgehead atoms. The van der Waals surface area contributed by atoms with Gasteiger partial charge >= 0.3 is 11.9 Å². The largest absolute Gasteiger partial charge is 0.478 e. The molecule has 2 N–H and O–H groups in total. The number of nitrogens with zero attached hydrogens (tertiary/aromatic N) is 1. The Bertz CT molecular complexity index is 276. The van der Waals surface area contributed by atoms with E-state index in [1.807, 2.05) is 0 Å². The lowest BCUT2D eigenvalue weighted by molar-refractivity contribution is -0.132. The first-order chi connectivity index (χ1) is 5.11. The monoisotopic (exact) mass is 155 g/mol. The van der Waals surface area contributed by atoms with Gasteiger partial charge in [-0.25, -0.2) is 9.59 Å². The third kappa shape index (κ3) is 1.43. The molecule has 1 heterocycles. The molecule has 0 fully saturated rings. The first-order valence-corrected chi connectivity index (χ1v) is 2.83. The number of aliphatic carboxylic acids is 2. The smallest absolute Gasteiger partial charge is 0.354 e. The molecule has 0 aromatic carbocycles. The maximum Gasteiger partial charge on any atom is 0.354 e. The fourth-order valence-corrected chi connectivity index (χ4v) is 0.685. The van der Waals surface area contributed by atoms with E-state index in [0.29, 0.717) is 0 Å². The van der Waals surface area contributed by atoms with Crippen molar-refractivity contribution in [1.82, 2.24) is 0 Å². The van der Waals surface area contributed by atoms with Crippen LogP contribution in [-0.2, 0) is 9.59 Å². The van der Waals surface area contributed by atoms with Crippen molar-refractivity contribution < 1.29 is 19.8 Å². The van der Waals surface area contributed by atoms with Crippen LogP contribution in [0.4, 0.5) is 0 Å². The maximum atomic E-state index is 10.2. The number of aliphatic imine (C=N–C) groups is 1. The zero-order chi connectivity index (χ0) is 8.43. The van der Waals surface area contributed by atoms with Crippen molar-refractivity contribution in [1.29, 1.82) is 0 Å². The van der Waals surface area contributed by atoms with Crippen molar-refractivity contribution in [2.45, 2.75) is 0 Å². The molecule has 1 aliphatic heterocycles. The van der Waals surface area contributed by atoms with Crippen LogP contribution in [0, 0.1) is 0 Å². The molecule has 0 radical (unpaired) electrons. The Morgan fingerprint density at radius 3 is 2.27 bits per heavy atom. The van der Waals surface area contributed by atoms with E-state index >= 15 is 0 Å². The first kappa shape index (κ1) is 7.46. The topological polar surface area (TPSA) is 87.0 Å². The zero-order valence-electron chi connectivity index (χ0n) is 5.44. The van der Waals surface area contributed by atoms with Crippen molar-refractivity contribution in [2.24, 2.45) is 4.99 Å². The van der Waals surface area contributed by atoms with E-state index in [-0.39, 0.29) is 17.8 Å². The van der Waals surface area contributed by atoms with E-state index < -0.39 is 11.9 Å². The highest BCUT2D eigenvalue weighted by Crippen LogP contribution is 2.05. The molecule has 0 aromatic heterocycles. The van der Waals surface area contributed by atoms with Crippen molar-refractivity contribution >= 4 is 17.7 Å². The van der Waals surface area contributed by atoms with Crippen LogP contribution in [0.25, 0.3) is 0 Å². The van der Waals surface area contributed by atoms with Gasteiger partial charge in [-0.3, -0.25) is 4.99 Å². The SMILES string of the molecule is O=C(O)C1=CC(C(=O)O)=NC1. The predicted molar refractivity (Wildman–Crippen MR) is 35.7 cm³/mol. The van der Waals surface area contributed by atoms with Gasteiger partial charge in [-0.15, -0.1) is 0 Å². The Morgan fingerprint density at radius 2 is 2.00 bits per heavy atom. The Hall–Kier alpha value is -1.65. The summed E-state index contributed by atoms with van der Waals surface area (Å²) in [4.78, 5) is 23.9. The number of carboxylic acid groups (broad SMARTS) is 2. The van der Waals surface area contributed by atoms with Crippen LogP contribution in [0.3, 0.4) is 0 Å². The van der Waals surface area contributed by atoms with E-state index in [9.17, 15) is 9.59 Å². The molecule has 0 aromatic rings. The first-order valence-electron chi connectivity index (χ1n) is 2.83. The Kier molecular flexibility index (Phi) is 1.72. The molecule has 0 spiro atoms. The van der Waals surface area contributed by atoms with Gasteiger partial charge in [0.25, 0.3) is 0 Å². The Morgan fingerprint density at radius 1 is 1.36 bits per heavy atom. The van der Waals surface area contributed by atoms with E-state index in [4.69, 9.17) is 10.2 Å². The van der Waals surface area contributed by atoms with Crippen molar-refractivity contribution in [3.8, 4) is 0 Å². The fourth-order valence-electron chi connectivity index (χ4n) is 0.685. The second-order valence-electron chi connectivity index (χ2n) is 1.98. The summed E-state index contributed by atoms with van der Waals surface area (Å²) in [7, 11) is 0. The summed E-state index contributed by atoms with van der Waals surface area (Å²) in [5.74, 6) is -2.31. The lowest BCUT2D eigenvalue weighted by Crippen LogP contribution is -2.07. The molecule has 0 atom stereocenters. The fraction of sp³-hybridized carbons (Fsp3) is 0.167. The van der Waals surface area contributed by atoms with E-state index in [1.54, 1.807) is 0 Å². The molecular formula is C6H5NO4. The van der Waals surface area contributed by atoms with Gasteiger partial charge < -0.3 is 10.2 Å². The number of hydrogen-bond acceptors (Lipinski definition) is 3. The van der Waals surface area contributed by atoms with Gasteiger partial charge in [-0.2, -0.15) is 0 Å². The average molecular weight is 155 g/mol. The van der Waals surface area contributed by atoms with Crippen LogP contribution in [-0.4, -0.2) is 34.4 Å². The number of carbonyl (C=O) groups is 2. The van der Waals surface area contributed by atoms with Gasteiger partial charge in [-0.05, 0) is 6.08 Å². The molecule has 0 unspecified atom stereocenters. The Balaban J connectivity index is 2.79. The second kappa shape index (κ2) is 2.53. The molecule has 5 nitrogen and oxygen atoms in total. The van der Waals surface area contributed by atoms with Crippen LogP contribution >= 0.6 is 0 Å². The van der Waals surface area contributed by atoms with Crippen LogP contribution in [0.15, 0.2) is 16.6 Å². The zero-order valence-corrected chi connectivity index (χ0v) is 5.44. The second-order valence-corrected chi connectivity index (χ2v) is 1.98. The van der Waals surface area contributed by atoms with Crippen LogP contribution in [0.1, 0.15) is 0 Å². The van der Waals surface area contributed by atoms with E-state index in [1.165, 1.54) is 0 Å².